The lowest BCUT2D eigenvalue weighted by Gasteiger charge is -2.35. The van der Waals surface area contributed by atoms with E-state index in [-0.39, 0.29) is 23.3 Å². The van der Waals surface area contributed by atoms with Crippen molar-refractivity contribution in [3.8, 4) is 5.75 Å². The van der Waals surface area contributed by atoms with Crippen LogP contribution in [0.3, 0.4) is 0 Å². The Bertz CT molecular complexity index is 948. The summed E-state index contributed by atoms with van der Waals surface area (Å²) in [7, 11) is -4.24. The number of carbonyl (C=O) groups excluding carboxylic acids is 1. The average Bonchev–Trinajstić information content (AvgIpc) is 3.41. The number of hydrogen-bond donors (Lipinski definition) is 1. The topological polar surface area (TPSA) is 99.1 Å². The molecule has 6 atom stereocenters. The molecule has 3 fully saturated rings. The van der Waals surface area contributed by atoms with Crippen molar-refractivity contribution < 1.29 is 36.4 Å². The number of rotatable bonds is 9. The number of ether oxygens (including phenoxy) is 3. The smallest absolute Gasteiger partial charge is 0.338 e. The Morgan fingerprint density at radius 2 is 1.94 bits per heavy atom. The Balaban J connectivity index is 1.41. The second-order valence-electron chi connectivity index (χ2n) is 9.63. The van der Waals surface area contributed by atoms with Crippen LogP contribution >= 0.6 is 0 Å². The third-order valence-corrected chi connectivity index (χ3v) is 7.89. The molecule has 3 saturated carbocycles. The molecule has 0 spiro atoms. The molecule has 32 heavy (non-hydrogen) atoms. The third kappa shape index (κ3) is 5.10. The fraction of sp³-hybridized carbons (Fsp3) is 0.696. The molecule has 1 aromatic carbocycles. The Hall–Kier alpha value is -1.71. The fourth-order valence-electron chi connectivity index (χ4n) is 5.82. The second-order valence-corrected chi connectivity index (χ2v) is 11.2. The molecule has 4 rings (SSSR count). The minimum absolute atomic E-state index is 0.0213. The van der Waals surface area contributed by atoms with Crippen LogP contribution in [-0.2, 0) is 19.6 Å². The van der Waals surface area contributed by atoms with E-state index in [4.69, 9.17) is 18.8 Å². The van der Waals surface area contributed by atoms with Gasteiger partial charge in [0.15, 0.2) is 11.6 Å². The van der Waals surface area contributed by atoms with E-state index in [9.17, 15) is 17.6 Å². The van der Waals surface area contributed by atoms with Gasteiger partial charge in [-0.05, 0) is 67.6 Å². The van der Waals surface area contributed by atoms with Crippen molar-refractivity contribution in [3.05, 3.63) is 29.6 Å². The highest BCUT2D eigenvalue weighted by Crippen LogP contribution is 2.59. The zero-order chi connectivity index (χ0) is 23.0. The maximum Gasteiger partial charge on any atom is 0.338 e. The van der Waals surface area contributed by atoms with Gasteiger partial charge in [0.05, 0.1) is 11.7 Å². The first-order chi connectivity index (χ1) is 15.1. The van der Waals surface area contributed by atoms with Crippen LogP contribution < -0.4 is 4.74 Å². The van der Waals surface area contributed by atoms with Gasteiger partial charge in [-0.1, -0.05) is 20.3 Å². The number of benzene rings is 1. The molecular formula is C23H31FO7S. The van der Waals surface area contributed by atoms with Crippen LogP contribution in [0.5, 0.6) is 5.75 Å². The molecule has 0 amide bonds. The number of carbonyl (C=O) groups is 1. The van der Waals surface area contributed by atoms with Crippen molar-refractivity contribution in [1.29, 1.82) is 0 Å². The summed E-state index contributed by atoms with van der Waals surface area (Å²) in [6.07, 6.45) is 5.61. The van der Waals surface area contributed by atoms with E-state index >= 15 is 0 Å². The largest absolute Gasteiger partial charge is 0.462 e. The summed E-state index contributed by atoms with van der Waals surface area (Å²) in [6, 6.07) is 3.57. The predicted molar refractivity (Wildman–Crippen MR) is 114 cm³/mol. The molecule has 7 nitrogen and oxygen atoms in total. The minimum Gasteiger partial charge on any atom is -0.462 e. The van der Waals surface area contributed by atoms with Crippen LogP contribution in [0.25, 0.3) is 0 Å². The molecule has 0 aromatic heterocycles. The lowest BCUT2D eigenvalue weighted by atomic mass is 9.80. The normalized spacial score (nSPS) is 29.8. The van der Waals surface area contributed by atoms with E-state index in [0.717, 1.165) is 30.2 Å². The predicted octanol–water partition coefficient (Wildman–Crippen LogP) is 4.07. The molecule has 3 aliphatic carbocycles. The molecule has 0 heterocycles. The standard InChI is InChI=1S/C23H31FO7S/c1-13(2)23(30-20-12-15-10-18(20)17-5-3-4-16(15)17)31-21-11-14(6-7-19(21)24)22(25)29-8-9-32(26,27)28/h6-7,11,13,15-18,20,23H,3-5,8-10,12H2,1-2H3,(H,26,27,28). The fourth-order valence-corrected chi connectivity index (χ4v) is 6.12. The average molecular weight is 471 g/mol. The molecule has 0 saturated heterocycles. The number of hydrogen-bond acceptors (Lipinski definition) is 6. The highest BCUT2D eigenvalue weighted by atomic mass is 32.2. The van der Waals surface area contributed by atoms with Crippen molar-refractivity contribution in [3.63, 3.8) is 0 Å². The van der Waals surface area contributed by atoms with Gasteiger partial charge in [0.25, 0.3) is 10.1 Å². The highest BCUT2D eigenvalue weighted by Gasteiger charge is 2.54. The van der Waals surface area contributed by atoms with Crippen molar-refractivity contribution in [1.82, 2.24) is 0 Å². The van der Waals surface area contributed by atoms with Crippen molar-refractivity contribution >= 4 is 16.1 Å². The zero-order valence-corrected chi connectivity index (χ0v) is 19.2. The van der Waals surface area contributed by atoms with Crippen LogP contribution in [0.15, 0.2) is 18.2 Å². The summed E-state index contributed by atoms with van der Waals surface area (Å²) in [4.78, 5) is 12.2. The van der Waals surface area contributed by atoms with E-state index in [2.05, 4.69) is 0 Å². The third-order valence-electron chi connectivity index (χ3n) is 7.21. The van der Waals surface area contributed by atoms with Gasteiger partial charge >= 0.3 is 5.97 Å². The van der Waals surface area contributed by atoms with E-state index < -0.39 is 40.6 Å². The Morgan fingerprint density at radius 3 is 2.66 bits per heavy atom. The highest BCUT2D eigenvalue weighted by molar-refractivity contribution is 7.85. The van der Waals surface area contributed by atoms with E-state index in [1.807, 2.05) is 13.8 Å². The monoisotopic (exact) mass is 470 g/mol. The maximum absolute atomic E-state index is 14.5. The summed E-state index contributed by atoms with van der Waals surface area (Å²) < 4.78 is 61.8. The summed E-state index contributed by atoms with van der Waals surface area (Å²) in [5.41, 5.74) is 0.0213. The minimum atomic E-state index is -4.24. The van der Waals surface area contributed by atoms with Crippen molar-refractivity contribution in [2.45, 2.75) is 58.3 Å². The van der Waals surface area contributed by atoms with Gasteiger partial charge in [-0.3, -0.25) is 4.55 Å². The molecule has 9 heteroatoms. The van der Waals surface area contributed by atoms with E-state index in [1.165, 1.54) is 37.8 Å². The molecule has 0 aliphatic heterocycles. The van der Waals surface area contributed by atoms with Gasteiger partial charge in [0.1, 0.15) is 12.4 Å². The van der Waals surface area contributed by atoms with E-state index in [0.29, 0.717) is 5.92 Å². The first kappa shape index (κ1) is 23.4. The SMILES string of the molecule is CC(C)C(Oc1cc(C(=O)OCCS(=O)(=O)O)ccc1F)OC1CC2CC1C1CCCC21. The van der Waals surface area contributed by atoms with Crippen LogP contribution in [0.2, 0.25) is 0 Å². The first-order valence-corrected chi connectivity index (χ1v) is 13.0. The Morgan fingerprint density at radius 1 is 1.19 bits per heavy atom. The van der Waals surface area contributed by atoms with Crippen LogP contribution in [0.1, 0.15) is 56.3 Å². The van der Waals surface area contributed by atoms with Crippen molar-refractivity contribution in [2.75, 3.05) is 12.4 Å². The number of fused-ring (bicyclic) bond motifs is 5. The summed E-state index contributed by atoms with van der Waals surface area (Å²) >= 11 is 0. The number of esters is 1. The Labute approximate surface area is 188 Å². The second kappa shape index (κ2) is 9.27. The lowest BCUT2D eigenvalue weighted by Crippen LogP contribution is -2.37. The molecule has 6 unspecified atom stereocenters. The van der Waals surface area contributed by atoms with Gasteiger partial charge in [0.2, 0.25) is 6.29 Å². The maximum atomic E-state index is 14.5. The van der Waals surface area contributed by atoms with Gasteiger partial charge < -0.3 is 14.2 Å². The molecule has 1 N–H and O–H groups in total. The molecule has 0 radical (unpaired) electrons. The lowest BCUT2D eigenvalue weighted by molar-refractivity contribution is -0.163. The summed E-state index contributed by atoms with van der Waals surface area (Å²) in [5.74, 6) is 0.543. The molecule has 178 valence electrons. The van der Waals surface area contributed by atoms with Crippen LogP contribution in [0.4, 0.5) is 4.39 Å². The van der Waals surface area contributed by atoms with Crippen molar-refractivity contribution in [2.24, 2.45) is 29.6 Å². The molecule has 2 bridgehead atoms. The molecule has 3 aliphatic rings. The molecular weight excluding hydrogens is 439 g/mol. The van der Waals surface area contributed by atoms with E-state index in [1.54, 1.807) is 0 Å². The quantitative estimate of drug-likeness (QED) is 0.330. The van der Waals surface area contributed by atoms with Gasteiger partial charge in [-0.15, -0.1) is 0 Å². The number of halogens is 1. The summed E-state index contributed by atoms with van der Waals surface area (Å²) in [5, 5.41) is 0. The first-order valence-electron chi connectivity index (χ1n) is 11.4. The summed E-state index contributed by atoms with van der Waals surface area (Å²) in [6.45, 7) is 3.39. The zero-order valence-electron chi connectivity index (χ0n) is 18.4. The molecule has 1 aromatic rings. The van der Waals surface area contributed by atoms with Crippen LogP contribution in [-0.4, -0.2) is 43.7 Å². The van der Waals surface area contributed by atoms with Gasteiger partial charge in [-0.25, -0.2) is 9.18 Å². The van der Waals surface area contributed by atoms with Crippen LogP contribution in [0, 0.1) is 35.4 Å². The van der Waals surface area contributed by atoms with Gasteiger partial charge in [-0.2, -0.15) is 8.42 Å². The van der Waals surface area contributed by atoms with Gasteiger partial charge in [0, 0.05) is 5.92 Å². The Kier molecular flexibility index (Phi) is 6.79.